The molecule has 0 bridgehead atoms. The summed E-state index contributed by atoms with van der Waals surface area (Å²) in [6.07, 6.45) is 0.336. The van der Waals surface area contributed by atoms with E-state index in [2.05, 4.69) is 5.32 Å². The summed E-state index contributed by atoms with van der Waals surface area (Å²) in [4.78, 5) is 11.6. The molecule has 0 unspecified atom stereocenters. The highest BCUT2D eigenvalue weighted by Gasteiger charge is 2.13. The Labute approximate surface area is 97.0 Å². The lowest BCUT2D eigenvalue weighted by molar-refractivity contribution is -0.121. The Balaban J connectivity index is 2.62. The standard InChI is InChI=1S/C13H20N2O/c1-9(2)15-13(16)8-12(14)11-7-5-4-6-10(11)3/h4-7,9,12H,8,14H2,1-3H3,(H,15,16)/t12-/m0/s1. The van der Waals surface area contributed by atoms with Crippen LogP contribution in [0, 0.1) is 6.92 Å². The van der Waals surface area contributed by atoms with Crippen molar-refractivity contribution in [3.05, 3.63) is 35.4 Å². The first-order valence-electron chi connectivity index (χ1n) is 5.61. The predicted molar refractivity (Wildman–Crippen MR) is 66.0 cm³/mol. The van der Waals surface area contributed by atoms with Crippen molar-refractivity contribution < 1.29 is 4.79 Å². The molecule has 1 aromatic rings. The molecule has 16 heavy (non-hydrogen) atoms. The summed E-state index contributed by atoms with van der Waals surface area (Å²) >= 11 is 0. The van der Waals surface area contributed by atoms with Gasteiger partial charge in [-0.15, -0.1) is 0 Å². The van der Waals surface area contributed by atoms with Gasteiger partial charge in [0, 0.05) is 18.5 Å². The van der Waals surface area contributed by atoms with Crippen LogP contribution in [0.2, 0.25) is 0 Å². The normalized spacial score (nSPS) is 12.6. The third-order valence-corrected chi connectivity index (χ3v) is 2.44. The topological polar surface area (TPSA) is 55.1 Å². The SMILES string of the molecule is Cc1ccccc1[C@@H](N)CC(=O)NC(C)C. The van der Waals surface area contributed by atoms with E-state index in [0.717, 1.165) is 11.1 Å². The molecule has 0 heterocycles. The van der Waals surface area contributed by atoms with Crippen molar-refractivity contribution in [2.24, 2.45) is 5.73 Å². The molecule has 3 heteroatoms. The summed E-state index contributed by atoms with van der Waals surface area (Å²) in [5.74, 6) is 0.00533. The minimum Gasteiger partial charge on any atom is -0.354 e. The van der Waals surface area contributed by atoms with Crippen molar-refractivity contribution in [3.8, 4) is 0 Å². The maximum Gasteiger partial charge on any atom is 0.222 e. The lowest BCUT2D eigenvalue weighted by Crippen LogP contribution is -2.32. The Morgan fingerprint density at radius 2 is 2.00 bits per heavy atom. The van der Waals surface area contributed by atoms with Crippen LogP contribution in [0.5, 0.6) is 0 Å². The summed E-state index contributed by atoms with van der Waals surface area (Å²) in [5, 5.41) is 2.84. The monoisotopic (exact) mass is 220 g/mol. The zero-order chi connectivity index (χ0) is 12.1. The largest absolute Gasteiger partial charge is 0.354 e. The quantitative estimate of drug-likeness (QED) is 0.814. The number of hydrogen-bond donors (Lipinski definition) is 2. The van der Waals surface area contributed by atoms with Crippen molar-refractivity contribution in [1.82, 2.24) is 5.32 Å². The van der Waals surface area contributed by atoms with Crippen LogP contribution in [0.1, 0.15) is 37.4 Å². The first kappa shape index (κ1) is 12.7. The zero-order valence-electron chi connectivity index (χ0n) is 10.2. The van der Waals surface area contributed by atoms with Gasteiger partial charge >= 0.3 is 0 Å². The first-order chi connectivity index (χ1) is 7.50. The smallest absolute Gasteiger partial charge is 0.222 e. The van der Waals surface area contributed by atoms with Crippen molar-refractivity contribution in [2.45, 2.75) is 39.3 Å². The first-order valence-corrected chi connectivity index (χ1v) is 5.61. The molecule has 1 aromatic carbocycles. The predicted octanol–water partition coefficient (Wildman–Crippen LogP) is 1.91. The van der Waals surface area contributed by atoms with Gasteiger partial charge in [0.05, 0.1) is 0 Å². The van der Waals surface area contributed by atoms with Gasteiger partial charge in [-0.2, -0.15) is 0 Å². The lowest BCUT2D eigenvalue weighted by atomic mass is 9.99. The highest BCUT2D eigenvalue weighted by atomic mass is 16.1. The number of hydrogen-bond acceptors (Lipinski definition) is 2. The van der Waals surface area contributed by atoms with E-state index >= 15 is 0 Å². The molecule has 0 radical (unpaired) electrons. The summed E-state index contributed by atoms with van der Waals surface area (Å²) < 4.78 is 0. The van der Waals surface area contributed by atoms with E-state index in [9.17, 15) is 4.79 Å². The van der Waals surface area contributed by atoms with Crippen LogP contribution in [0.25, 0.3) is 0 Å². The van der Waals surface area contributed by atoms with Crippen molar-refractivity contribution in [1.29, 1.82) is 0 Å². The molecule has 0 fully saturated rings. The molecule has 3 nitrogen and oxygen atoms in total. The Hall–Kier alpha value is -1.35. The van der Waals surface area contributed by atoms with Crippen molar-refractivity contribution in [3.63, 3.8) is 0 Å². The van der Waals surface area contributed by atoms with Gasteiger partial charge in [-0.05, 0) is 31.9 Å². The van der Waals surface area contributed by atoms with Crippen molar-refractivity contribution in [2.75, 3.05) is 0 Å². The molecule has 3 N–H and O–H groups in total. The van der Waals surface area contributed by atoms with Gasteiger partial charge in [0.15, 0.2) is 0 Å². The van der Waals surface area contributed by atoms with Crippen LogP contribution in [0.15, 0.2) is 24.3 Å². The fourth-order valence-corrected chi connectivity index (χ4v) is 1.69. The molecule has 0 aliphatic rings. The molecule has 0 saturated heterocycles. The fraction of sp³-hybridized carbons (Fsp3) is 0.462. The number of rotatable bonds is 4. The van der Waals surface area contributed by atoms with Gasteiger partial charge in [-0.1, -0.05) is 24.3 Å². The van der Waals surface area contributed by atoms with E-state index in [1.54, 1.807) is 0 Å². The molecule has 1 atom stereocenters. The molecule has 0 saturated carbocycles. The summed E-state index contributed by atoms with van der Waals surface area (Å²) in [6, 6.07) is 7.84. The van der Waals surface area contributed by atoms with E-state index in [1.807, 2.05) is 45.0 Å². The Morgan fingerprint density at radius 3 is 2.56 bits per heavy atom. The van der Waals surface area contributed by atoms with Crippen molar-refractivity contribution >= 4 is 5.91 Å². The van der Waals surface area contributed by atoms with Crippen LogP contribution < -0.4 is 11.1 Å². The Bertz CT molecular complexity index is 361. The molecule has 88 valence electrons. The van der Waals surface area contributed by atoms with Crippen LogP contribution in [-0.2, 0) is 4.79 Å². The van der Waals surface area contributed by atoms with Crippen LogP contribution in [0.3, 0.4) is 0 Å². The second-order valence-electron chi connectivity index (χ2n) is 4.39. The third kappa shape index (κ3) is 3.66. The zero-order valence-corrected chi connectivity index (χ0v) is 10.2. The minimum atomic E-state index is -0.222. The molecule has 0 aliphatic heterocycles. The number of carbonyl (C=O) groups is 1. The van der Waals surface area contributed by atoms with Crippen LogP contribution >= 0.6 is 0 Å². The van der Waals surface area contributed by atoms with Crippen LogP contribution in [0.4, 0.5) is 0 Å². The summed E-state index contributed by atoms with van der Waals surface area (Å²) in [6.45, 7) is 5.89. The number of aryl methyl sites for hydroxylation is 1. The third-order valence-electron chi connectivity index (χ3n) is 2.44. The average molecular weight is 220 g/mol. The second-order valence-corrected chi connectivity index (χ2v) is 4.39. The van der Waals surface area contributed by atoms with Gasteiger partial charge in [-0.25, -0.2) is 0 Å². The molecule has 0 spiro atoms. The number of nitrogens with two attached hydrogens (primary N) is 1. The number of carbonyl (C=O) groups excluding carboxylic acids is 1. The van der Waals surface area contributed by atoms with Gasteiger partial charge in [0.25, 0.3) is 0 Å². The van der Waals surface area contributed by atoms with Gasteiger partial charge in [0.2, 0.25) is 5.91 Å². The van der Waals surface area contributed by atoms with E-state index in [4.69, 9.17) is 5.73 Å². The summed E-state index contributed by atoms with van der Waals surface area (Å²) in [7, 11) is 0. The Kier molecular flexibility index (Phi) is 4.50. The molecule has 0 aliphatic carbocycles. The van der Waals surface area contributed by atoms with E-state index < -0.39 is 0 Å². The van der Waals surface area contributed by atoms with Gasteiger partial charge in [-0.3, -0.25) is 4.79 Å². The van der Waals surface area contributed by atoms with E-state index in [-0.39, 0.29) is 18.0 Å². The highest BCUT2D eigenvalue weighted by Crippen LogP contribution is 2.17. The number of nitrogens with one attached hydrogen (secondary N) is 1. The van der Waals surface area contributed by atoms with Gasteiger partial charge in [0.1, 0.15) is 0 Å². The second kappa shape index (κ2) is 5.66. The van der Waals surface area contributed by atoms with Gasteiger partial charge < -0.3 is 11.1 Å². The highest BCUT2D eigenvalue weighted by molar-refractivity contribution is 5.77. The summed E-state index contributed by atoms with van der Waals surface area (Å²) in [5.41, 5.74) is 8.19. The van der Waals surface area contributed by atoms with E-state index in [0.29, 0.717) is 6.42 Å². The van der Waals surface area contributed by atoms with E-state index in [1.165, 1.54) is 0 Å². The minimum absolute atomic E-state index is 0.00533. The Morgan fingerprint density at radius 1 is 1.38 bits per heavy atom. The fourth-order valence-electron chi connectivity index (χ4n) is 1.69. The number of benzene rings is 1. The lowest BCUT2D eigenvalue weighted by Gasteiger charge is -2.15. The van der Waals surface area contributed by atoms with Crippen LogP contribution in [-0.4, -0.2) is 11.9 Å². The maximum atomic E-state index is 11.6. The molecule has 1 amide bonds. The molecular formula is C13H20N2O. The molecular weight excluding hydrogens is 200 g/mol. The maximum absolute atomic E-state index is 11.6. The molecule has 0 aromatic heterocycles. The molecule has 1 rings (SSSR count). The average Bonchev–Trinajstić information content (AvgIpc) is 2.16. The number of amides is 1.